The Morgan fingerprint density at radius 3 is 1.80 bits per heavy atom. The Morgan fingerprint density at radius 1 is 0.800 bits per heavy atom. The van der Waals surface area contributed by atoms with Crippen molar-refractivity contribution in [3.05, 3.63) is 71.3 Å². The van der Waals surface area contributed by atoms with Gasteiger partial charge < -0.3 is 0 Å². The average Bonchev–Trinajstić information content (AvgIpc) is 2.75. The average molecular weight is 263 g/mol. The SMILES string of the molecule is O=C=C(c1ccccc1)N1C(=O)c2ccccc2C1=O. The van der Waals surface area contributed by atoms with Crippen LogP contribution in [-0.2, 0) is 4.79 Å². The van der Waals surface area contributed by atoms with Gasteiger partial charge in [-0.1, -0.05) is 42.5 Å². The number of fused-ring (bicyclic) bond motifs is 1. The molecule has 0 saturated carbocycles. The summed E-state index contributed by atoms with van der Waals surface area (Å²) >= 11 is 0. The molecule has 0 N–H and O–H groups in total. The van der Waals surface area contributed by atoms with Crippen LogP contribution in [0.5, 0.6) is 0 Å². The molecule has 0 bridgehead atoms. The van der Waals surface area contributed by atoms with E-state index in [1.165, 1.54) is 0 Å². The van der Waals surface area contributed by atoms with Gasteiger partial charge in [-0.15, -0.1) is 0 Å². The first kappa shape index (κ1) is 12.1. The first-order valence-electron chi connectivity index (χ1n) is 6.02. The predicted octanol–water partition coefficient (Wildman–Crippen LogP) is 2.16. The van der Waals surface area contributed by atoms with Gasteiger partial charge in [0.05, 0.1) is 11.1 Å². The summed E-state index contributed by atoms with van der Waals surface area (Å²) in [5, 5.41) is 0. The van der Waals surface area contributed by atoms with Crippen molar-refractivity contribution < 1.29 is 14.4 Å². The van der Waals surface area contributed by atoms with Gasteiger partial charge in [-0.2, -0.15) is 0 Å². The second-order valence-electron chi connectivity index (χ2n) is 4.31. The molecular weight excluding hydrogens is 254 g/mol. The maximum absolute atomic E-state index is 12.3. The minimum absolute atomic E-state index is 0.0585. The van der Waals surface area contributed by atoms with Crippen molar-refractivity contribution in [2.45, 2.75) is 0 Å². The summed E-state index contributed by atoms with van der Waals surface area (Å²) < 4.78 is 0. The van der Waals surface area contributed by atoms with Gasteiger partial charge in [0, 0.05) is 5.56 Å². The smallest absolute Gasteiger partial charge is 0.266 e. The van der Waals surface area contributed by atoms with Crippen LogP contribution in [0.4, 0.5) is 0 Å². The Hall–Kier alpha value is -2.97. The molecule has 1 heterocycles. The molecule has 20 heavy (non-hydrogen) atoms. The third-order valence-corrected chi connectivity index (χ3v) is 3.16. The van der Waals surface area contributed by atoms with Crippen molar-refractivity contribution in [2.75, 3.05) is 0 Å². The van der Waals surface area contributed by atoms with Crippen LogP contribution in [0.3, 0.4) is 0 Å². The number of hydrogen-bond acceptors (Lipinski definition) is 3. The minimum atomic E-state index is -0.493. The van der Waals surface area contributed by atoms with E-state index in [4.69, 9.17) is 0 Å². The van der Waals surface area contributed by atoms with Crippen molar-refractivity contribution >= 4 is 23.5 Å². The molecular formula is C16H9NO3. The molecule has 0 aliphatic carbocycles. The number of carbonyl (C=O) groups excluding carboxylic acids is 3. The number of carbonyl (C=O) groups is 2. The molecule has 2 aromatic carbocycles. The number of hydrogen-bond donors (Lipinski definition) is 0. The van der Waals surface area contributed by atoms with E-state index in [1.807, 2.05) is 0 Å². The molecule has 0 spiro atoms. The molecule has 4 heteroatoms. The Labute approximate surface area is 114 Å². The topological polar surface area (TPSA) is 54.5 Å². The van der Waals surface area contributed by atoms with Gasteiger partial charge in [0.15, 0.2) is 5.94 Å². The first-order chi connectivity index (χ1) is 9.74. The summed E-state index contributed by atoms with van der Waals surface area (Å²) in [7, 11) is 0. The predicted molar refractivity (Wildman–Crippen MR) is 72.5 cm³/mol. The van der Waals surface area contributed by atoms with Crippen LogP contribution in [0.2, 0.25) is 0 Å². The van der Waals surface area contributed by atoms with E-state index < -0.39 is 11.8 Å². The van der Waals surface area contributed by atoms with Gasteiger partial charge in [-0.25, -0.2) is 9.69 Å². The fourth-order valence-corrected chi connectivity index (χ4v) is 2.22. The van der Waals surface area contributed by atoms with Crippen LogP contribution in [0.25, 0.3) is 5.70 Å². The van der Waals surface area contributed by atoms with Crippen LogP contribution in [-0.4, -0.2) is 22.7 Å². The summed E-state index contributed by atoms with van der Waals surface area (Å²) in [6.07, 6.45) is 0. The Balaban J connectivity index is 2.11. The molecule has 4 nitrogen and oxygen atoms in total. The summed E-state index contributed by atoms with van der Waals surface area (Å²) in [6.45, 7) is 0. The van der Waals surface area contributed by atoms with Crippen molar-refractivity contribution in [3.63, 3.8) is 0 Å². The quantitative estimate of drug-likeness (QED) is 0.616. The van der Waals surface area contributed by atoms with E-state index in [9.17, 15) is 14.4 Å². The van der Waals surface area contributed by atoms with Gasteiger partial charge in [0.25, 0.3) is 11.8 Å². The normalized spacial score (nSPS) is 13.1. The second-order valence-corrected chi connectivity index (χ2v) is 4.31. The minimum Gasteiger partial charge on any atom is -0.268 e. The maximum atomic E-state index is 12.3. The number of imide groups is 1. The van der Waals surface area contributed by atoms with Crippen molar-refractivity contribution in [1.82, 2.24) is 4.90 Å². The van der Waals surface area contributed by atoms with E-state index in [2.05, 4.69) is 0 Å². The zero-order chi connectivity index (χ0) is 14.1. The standard InChI is InChI=1S/C16H9NO3/c18-10-14(11-6-2-1-3-7-11)17-15(19)12-8-4-5-9-13(12)16(17)20/h1-9H. The number of benzene rings is 2. The van der Waals surface area contributed by atoms with Gasteiger partial charge in [-0.3, -0.25) is 9.59 Å². The molecule has 3 rings (SSSR count). The van der Waals surface area contributed by atoms with Crippen molar-refractivity contribution in [3.8, 4) is 0 Å². The third kappa shape index (κ3) is 1.67. The zero-order valence-corrected chi connectivity index (χ0v) is 10.4. The monoisotopic (exact) mass is 263 g/mol. The molecule has 2 amide bonds. The lowest BCUT2D eigenvalue weighted by Gasteiger charge is -2.14. The molecule has 0 saturated heterocycles. The Morgan fingerprint density at radius 2 is 1.30 bits per heavy atom. The number of amides is 2. The first-order valence-corrected chi connectivity index (χ1v) is 6.02. The van der Waals surface area contributed by atoms with Gasteiger partial charge in [0.1, 0.15) is 5.70 Å². The largest absolute Gasteiger partial charge is 0.268 e. The fraction of sp³-hybridized carbons (Fsp3) is 0. The lowest BCUT2D eigenvalue weighted by Crippen LogP contribution is -2.28. The Kier molecular flexibility index (Phi) is 2.78. The number of nitrogens with zero attached hydrogens (tertiary/aromatic N) is 1. The molecule has 96 valence electrons. The maximum Gasteiger partial charge on any atom is 0.266 e. The lowest BCUT2D eigenvalue weighted by atomic mass is 10.1. The van der Waals surface area contributed by atoms with Crippen LogP contribution in [0.1, 0.15) is 26.3 Å². The lowest BCUT2D eigenvalue weighted by molar-refractivity contribution is 0.0736. The summed E-state index contributed by atoms with van der Waals surface area (Å²) in [5.74, 6) is 0.721. The second kappa shape index (κ2) is 4.61. The molecule has 0 atom stereocenters. The fourth-order valence-electron chi connectivity index (χ4n) is 2.22. The van der Waals surface area contributed by atoms with Crippen LogP contribution >= 0.6 is 0 Å². The van der Waals surface area contributed by atoms with E-state index >= 15 is 0 Å². The van der Waals surface area contributed by atoms with Gasteiger partial charge in [-0.05, 0) is 12.1 Å². The van der Waals surface area contributed by atoms with Gasteiger partial charge >= 0.3 is 0 Å². The molecule has 1 aliphatic heterocycles. The summed E-state index contributed by atoms with van der Waals surface area (Å²) in [4.78, 5) is 36.7. The van der Waals surface area contributed by atoms with Gasteiger partial charge in [0.2, 0.25) is 0 Å². The van der Waals surface area contributed by atoms with Crippen molar-refractivity contribution in [2.24, 2.45) is 0 Å². The molecule has 1 aliphatic rings. The van der Waals surface area contributed by atoms with E-state index in [-0.39, 0.29) is 5.70 Å². The number of rotatable bonds is 2. The third-order valence-electron chi connectivity index (χ3n) is 3.16. The van der Waals surface area contributed by atoms with E-state index in [0.717, 1.165) is 4.90 Å². The molecule has 0 aromatic heterocycles. The van der Waals surface area contributed by atoms with Crippen LogP contribution in [0, 0.1) is 0 Å². The molecule has 0 radical (unpaired) electrons. The van der Waals surface area contributed by atoms with E-state index in [0.29, 0.717) is 16.7 Å². The summed E-state index contributed by atoms with van der Waals surface area (Å²) in [5.41, 5.74) is 1.04. The molecule has 2 aromatic rings. The molecule has 0 fully saturated rings. The van der Waals surface area contributed by atoms with Crippen LogP contribution < -0.4 is 0 Å². The highest BCUT2D eigenvalue weighted by Crippen LogP contribution is 2.29. The highest BCUT2D eigenvalue weighted by atomic mass is 16.2. The molecule has 0 unspecified atom stereocenters. The van der Waals surface area contributed by atoms with Crippen molar-refractivity contribution in [1.29, 1.82) is 0 Å². The highest BCUT2D eigenvalue weighted by molar-refractivity contribution is 6.27. The zero-order valence-electron chi connectivity index (χ0n) is 10.4. The highest BCUT2D eigenvalue weighted by Gasteiger charge is 2.38. The van der Waals surface area contributed by atoms with Crippen LogP contribution in [0.15, 0.2) is 54.6 Å². The van der Waals surface area contributed by atoms with E-state index in [1.54, 1.807) is 60.5 Å². The Bertz CT molecular complexity index is 723. The summed E-state index contributed by atoms with van der Waals surface area (Å²) in [6, 6.07) is 15.1.